The molecular weight excluding hydrogens is 234 g/mol. The Kier molecular flexibility index (Phi) is 3.46. The molecule has 0 fully saturated rings. The fourth-order valence-electron chi connectivity index (χ4n) is 3.83. The number of benzene rings is 1. The van der Waals surface area contributed by atoms with Gasteiger partial charge in [0.2, 0.25) is 0 Å². The normalized spacial score (nSPS) is 21.4. The monoisotopic (exact) mass is 259 g/mol. The highest BCUT2D eigenvalue weighted by Crippen LogP contribution is 2.46. The van der Waals surface area contributed by atoms with Gasteiger partial charge in [-0.2, -0.15) is 0 Å². The zero-order chi connectivity index (χ0) is 14.4. The lowest BCUT2D eigenvalue weighted by Crippen LogP contribution is -2.52. The number of aldehydes is 1. The number of nitrogens with zero attached hydrogens (tertiary/aromatic N) is 1. The van der Waals surface area contributed by atoms with Gasteiger partial charge in [-0.05, 0) is 70.2 Å². The fourth-order valence-corrected chi connectivity index (χ4v) is 3.83. The van der Waals surface area contributed by atoms with Crippen LogP contribution in [-0.4, -0.2) is 17.9 Å². The lowest BCUT2D eigenvalue weighted by atomic mass is 9.78. The van der Waals surface area contributed by atoms with E-state index < -0.39 is 0 Å². The van der Waals surface area contributed by atoms with Crippen molar-refractivity contribution < 1.29 is 4.79 Å². The molecule has 0 radical (unpaired) electrons. The second-order valence-electron chi connectivity index (χ2n) is 6.77. The van der Waals surface area contributed by atoms with Crippen molar-refractivity contribution in [2.45, 2.75) is 65.5 Å². The minimum absolute atomic E-state index is 0.161. The van der Waals surface area contributed by atoms with E-state index >= 15 is 0 Å². The fraction of sp³-hybridized carbons (Fsp3) is 0.588. The minimum Gasteiger partial charge on any atom is -0.364 e. The molecule has 0 bridgehead atoms. The Balaban J connectivity index is 2.69. The summed E-state index contributed by atoms with van der Waals surface area (Å²) in [5.41, 5.74) is 4.84. The van der Waals surface area contributed by atoms with Gasteiger partial charge in [-0.1, -0.05) is 6.92 Å². The number of carbonyl (C=O) groups excluding carboxylic acids is 1. The van der Waals surface area contributed by atoms with E-state index in [1.165, 1.54) is 16.8 Å². The maximum atomic E-state index is 11.1. The van der Waals surface area contributed by atoms with Crippen molar-refractivity contribution in [2.24, 2.45) is 0 Å². The van der Waals surface area contributed by atoms with Gasteiger partial charge in [-0.3, -0.25) is 4.79 Å². The molecule has 2 nitrogen and oxygen atoms in total. The summed E-state index contributed by atoms with van der Waals surface area (Å²) in [7, 11) is 0. The van der Waals surface area contributed by atoms with Gasteiger partial charge in [0.1, 0.15) is 6.29 Å². The van der Waals surface area contributed by atoms with Gasteiger partial charge < -0.3 is 4.90 Å². The van der Waals surface area contributed by atoms with Gasteiger partial charge >= 0.3 is 0 Å². The van der Waals surface area contributed by atoms with E-state index in [0.29, 0.717) is 12.0 Å². The maximum absolute atomic E-state index is 11.1. The van der Waals surface area contributed by atoms with Gasteiger partial charge in [0.05, 0.1) is 0 Å². The number of fused-ring (bicyclic) bond motifs is 1. The molecule has 0 saturated heterocycles. The van der Waals surface area contributed by atoms with Crippen LogP contribution in [0.3, 0.4) is 0 Å². The van der Waals surface area contributed by atoms with Crippen LogP contribution in [0.4, 0.5) is 5.69 Å². The topological polar surface area (TPSA) is 20.3 Å². The largest absolute Gasteiger partial charge is 0.364 e. The molecule has 104 valence electrons. The third-order valence-corrected chi connectivity index (χ3v) is 4.23. The van der Waals surface area contributed by atoms with Crippen molar-refractivity contribution >= 4 is 12.0 Å². The van der Waals surface area contributed by atoms with Crippen molar-refractivity contribution in [1.29, 1.82) is 0 Å². The van der Waals surface area contributed by atoms with Crippen LogP contribution in [0.5, 0.6) is 0 Å². The van der Waals surface area contributed by atoms with Crippen LogP contribution in [0.1, 0.15) is 68.4 Å². The number of hydrogen-bond acceptors (Lipinski definition) is 2. The molecule has 0 N–H and O–H groups in total. The zero-order valence-corrected chi connectivity index (χ0v) is 12.9. The van der Waals surface area contributed by atoms with Crippen LogP contribution in [0.25, 0.3) is 0 Å². The lowest BCUT2D eigenvalue weighted by molar-refractivity contribution is 0.112. The molecule has 1 aromatic carbocycles. The van der Waals surface area contributed by atoms with Crippen LogP contribution in [0.15, 0.2) is 12.1 Å². The predicted molar refractivity (Wildman–Crippen MR) is 81.3 cm³/mol. The van der Waals surface area contributed by atoms with Crippen molar-refractivity contribution in [3.63, 3.8) is 0 Å². The first-order chi connectivity index (χ1) is 8.77. The number of hydrogen-bond donors (Lipinski definition) is 0. The number of aryl methyl sites for hydroxylation is 1. The smallest absolute Gasteiger partial charge is 0.150 e. The van der Waals surface area contributed by atoms with E-state index in [4.69, 9.17) is 0 Å². The summed E-state index contributed by atoms with van der Waals surface area (Å²) in [5.74, 6) is 0.499. The van der Waals surface area contributed by atoms with Crippen molar-refractivity contribution in [3.05, 3.63) is 28.8 Å². The first-order valence-corrected chi connectivity index (χ1v) is 7.17. The average Bonchev–Trinajstić information content (AvgIpc) is 2.28. The summed E-state index contributed by atoms with van der Waals surface area (Å²) in [6.45, 7) is 13.5. The molecular formula is C17H25NO. The summed E-state index contributed by atoms with van der Waals surface area (Å²) in [5, 5.41) is 0. The molecule has 1 aromatic rings. The van der Waals surface area contributed by atoms with Crippen LogP contribution in [0, 0.1) is 6.92 Å². The lowest BCUT2D eigenvalue weighted by Gasteiger charge is -2.50. The summed E-state index contributed by atoms with van der Waals surface area (Å²) in [4.78, 5) is 13.6. The second-order valence-corrected chi connectivity index (χ2v) is 6.77. The summed E-state index contributed by atoms with van der Waals surface area (Å²) >= 11 is 0. The van der Waals surface area contributed by atoms with Crippen LogP contribution >= 0.6 is 0 Å². The predicted octanol–water partition coefficient (Wildman–Crippen LogP) is 4.31. The van der Waals surface area contributed by atoms with Crippen LogP contribution in [-0.2, 0) is 0 Å². The molecule has 0 saturated carbocycles. The van der Waals surface area contributed by atoms with Crippen molar-refractivity contribution in [3.8, 4) is 0 Å². The molecule has 0 aromatic heterocycles. The van der Waals surface area contributed by atoms with E-state index in [2.05, 4.69) is 52.5 Å². The highest BCUT2D eigenvalue weighted by atomic mass is 16.1. The van der Waals surface area contributed by atoms with E-state index in [1.807, 2.05) is 6.07 Å². The van der Waals surface area contributed by atoms with Gasteiger partial charge in [0.25, 0.3) is 0 Å². The van der Waals surface area contributed by atoms with Gasteiger partial charge in [0, 0.05) is 22.8 Å². The first kappa shape index (κ1) is 14.1. The molecule has 2 heteroatoms. The first-order valence-electron chi connectivity index (χ1n) is 7.17. The SMILES string of the molecule is Cc1cc(C=O)cc2c1N(C(C)C)C(C)(C)C[C@H]2C. The Bertz CT molecular complexity index is 502. The van der Waals surface area contributed by atoms with Crippen molar-refractivity contribution in [1.82, 2.24) is 0 Å². The molecule has 19 heavy (non-hydrogen) atoms. The Hall–Kier alpha value is -1.31. The Labute approximate surface area is 116 Å². The molecule has 0 aliphatic carbocycles. The Morgan fingerprint density at radius 1 is 1.37 bits per heavy atom. The van der Waals surface area contributed by atoms with Crippen molar-refractivity contribution in [2.75, 3.05) is 4.90 Å². The zero-order valence-electron chi connectivity index (χ0n) is 12.9. The molecule has 0 unspecified atom stereocenters. The third-order valence-electron chi connectivity index (χ3n) is 4.23. The third kappa shape index (κ3) is 2.29. The van der Waals surface area contributed by atoms with Gasteiger partial charge in [-0.15, -0.1) is 0 Å². The summed E-state index contributed by atoms with van der Waals surface area (Å²) < 4.78 is 0. The number of carbonyl (C=O) groups is 1. The average molecular weight is 259 g/mol. The summed E-state index contributed by atoms with van der Waals surface area (Å²) in [6.07, 6.45) is 2.08. The minimum atomic E-state index is 0.161. The number of rotatable bonds is 2. The number of anilines is 1. The molecule has 1 aliphatic heterocycles. The van der Waals surface area contributed by atoms with Crippen LogP contribution < -0.4 is 4.90 Å². The maximum Gasteiger partial charge on any atom is 0.150 e. The molecule has 1 aliphatic rings. The second kappa shape index (κ2) is 4.66. The molecule has 0 spiro atoms. The highest BCUT2D eigenvalue weighted by molar-refractivity contribution is 5.79. The van der Waals surface area contributed by atoms with Gasteiger partial charge in [-0.25, -0.2) is 0 Å². The van der Waals surface area contributed by atoms with Gasteiger partial charge in [0.15, 0.2) is 0 Å². The van der Waals surface area contributed by atoms with E-state index in [9.17, 15) is 4.79 Å². The van der Waals surface area contributed by atoms with E-state index in [0.717, 1.165) is 18.3 Å². The Morgan fingerprint density at radius 2 is 2.00 bits per heavy atom. The highest BCUT2D eigenvalue weighted by Gasteiger charge is 2.38. The summed E-state index contributed by atoms with van der Waals surface area (Å²) in [6, 6.07) is 4.54. The standard InChI is InChI=1S/C17H25NO/c1-11(2)18-16-12(3)7-14(10-19)8-15(16)13(4)9-17(18,5)6/h7-8,10-11,13H,9H2,1-6H3/t13-/m1/s1. The molecule has 1 heterocycles. The quantitative estimate of drug-likeness (QED) is 0.738. The van der Waals surface area contributed by atoms with Crippen LogP contribution in [0.2, 0.25) is 0 Å². The Morgan fingerprint density at radius 3 is 2.53 bits per heavy atom. The van der Waals surface area contributed by atoms with E-state index in [1.54, 1.807) is 0 Å². The molecule has 1 atom stereocenters. The van der Waals surface area contributed by atoms with E-state index in [-0.39, 0.29) is 5.54 Å². The molecule has 2 rings (SSSR count). The molecule has 0 amide bonds.